The van der Waals surface area contributed by atoms with Gasteiger partial charge in [-0.05, 0) is 38.9 Å². The lowest BCUT2D eigenvalue weighted by molar-refractivity contribution is 0.102. The normalized spacial score (nSPS) is 16.9. The van der Waals surface area contributed by atoms with E-state index in [1.807, 2.05) is 11.9 Å². The highest BCUT2D eigenvalue weighted by Crippen LogP contribution is 2.34. The van der Waals surface area contributed by atoms with Crippen molar-refractivity contribution >= 4 is 34.6 Å². The standard InChI is InChI=1S/C28H35ClF2N8O/c1-17-26(29)20(12-22(32)27(17)31)28(40)34-23-14-24(21(30)13-25(23)38-10-8-37(2)9-11-38)39-16-19(35-36-39)15-33-18-6-4-3-5-7-18/h12-14,16,18,33H,3-11,15,32H2,1-2H3,(H,34,40). The van der Waals surface area contributed by atoms with Crippen molar-refractivity contribution in [2.75, 3.05) is 49.2 Å². The average molecular weight is 573 g/mol. The number of anilines is 3. The summed E-state index contributed by atoms with van der Waals surface area (Å²) in [6.45, 7) is 4.89. The molecular formula is C28H35ClF2N8O. The quantitative estimate of drug-likeness (QED) is 0.358. The molecule has 214 valence electrons. The predicted molar refractivity (Wildman–Crippen MR) is 153 cm³/mol. The highest BCUT2D eigenvalue weighted by atomic mass is 35.5. The molecule has 2 aromatic carbocycles. The molecule has 5 rings (SSSR count). The number of halogens is 3. The third kappa shape index (κ3) is 6.06. The molecule has 1 aliphatic carbocycles. The number of nitrogens with one attached hydrogen (secondary N) is 2. The third-order valence-corrected chi connectivity index (χ3v) is 8.30. The van der Waals surface area contributed by atoms with Crippen molar-refractivity contribution in [1.29, 1.82) is 0 Å². The number of aromatic nitrogens is 3. The highest BCUT2D eigenvalue weighted by molar-refractivity contribution is 6.35. The molecule has 4 N–H and O–H groups in total. The molecule has 1 aromatic heterocycles. The zero-order chi connectivity index (χ0) is 28.4. The lowest BCUT2D eigenvalue weighted by Gasteiger charge is -2.35. The minimum atomic E-state index is -0.663. The molecule has 0 unspecified atom stereocenters. The van der Waals surface area contributed by atoms with Crippen molar-refractivity contribution in [3.63, 3.8) is 0 Å². The number of benzene rings is 2. The second kappa shape index (κ2) is 12.1. The minimum absolute atomic E-state index is 0.0286. The van der Waals surface area contributed by atoms with Crippen LogP contribution in [0.15, 0.2) is 24.4 Å². The van der Waals surface area contributed by atoms with Gasteiger partial charge in [-0.15, -0.1) is 5.10 Å². The Morgan fingerprint density at radius 2 is 1.82 bits per heavy atom. The molecule has 12 heteroatoms. The van der Waals surface area contributed by atoms with Gasteiger partial charge in [-0.1, -0.05) is 36.1 Å². The SMILES string of the molecule is Cc1c(F)c(N)cc(C(=O)Nc2cc(-n3cc(CNC4CCCCC4)nn3)c(F)cc2N2CCN(C)CC2)c1Cl. The average Bonchev–Trinajstić information content (AvgIpc) is 3.43. The molecule has 9 nitrogen and oxygen atoms in total. The number of likely N-dealkylation sites (N-methyl/N-ethyl adjacent to an activating group) is 1. The van der Waals surface area contributed by atoms with Crippen LogP contribution in [0.4, 0.5) is 25.8 Å². The van der Waals surface area contributed by atoms with Crippen LogP contribution in [-0.2, 0) is 6.54 Å². The molecule has 1 saturated carbocycles. The summed E-state index contributed by atoms with van der Waals surface area (Å²) in [6.07, 6.45) is 7.69. The molecule has 1 amide bonds. The topological polar surface area (TPSA) is 104 Å². The summed E-state index contributed by atoms with van der Waals surface area (Å²) >= 11 is 6.32. The number of rotatable bonds is 7. The Bertz CT molecular complexity index is 1380. The van der Waals surface area contributed by atoms with E-state index in [0.29, 0.717) is 42.7 Å². The van der Waals surface area contributed by atoms with Crippen LogP contribution in [0.3, 0.4) is 0 Å². The zero-order valence-electron chi connectivity index (χ0n) is 22.8. The lowest BCUT2D eigenvalue weighted by atomic mass is 9.95. The first-order chi connectivity index (χ1) is 19.2. The second-order valence-electron chi connectivity index (χ2n) is 10.7. The Balaban J connectivity index is 1.45. The van der Waals surface area contributed by atoms with E-state index in [2.05, 4.69) is 25.8 Å². The summed E-state index contributed by atoms with van der Waals surface area (Å²) in [4.78, 5) is 17.6. The lowest BCUT2D eigenvalue weighted by Crippen LogP contribution is -2.44. The highest BCUT2D eigenvalue weighted by Gasteiger charge is 2.24. The van der Waals surface area contributed by atoms with E-state index in [1.165, 1.54) is 43.0 Å². The molecule has 0 radical (unpaired) electrons. The van der Waals surface area contributed by atoms with E-state index >= 15 is 4.39 Å². The molecule has 0 spiro atoms. The minimum Gasteiger partial charge on any atom is -0.396 e. The smallest absolute Gasteiger partial charge is 0.257 e. The van der Waals surface area contributed by atoms with Crippen LogP contribution in [0.2, 0.25) is 5.02 Å². The van der Waals surface area contributed by atoms with Crippen LogP contribution in [-0.4, -0.2) is 65.1 Å². The van der Waals surface area contributed by atoms with Gasteiger partial charge in [-0.2, -0.15) is 0 Å². The number of hydrogen-bond donors (Lipinski definition) is 3. The number of carbonyl (C=O) groups excluding carboxylic acids is 1. The Hall–Kier alpha value is -3.28. The predicted octanol–water partition coefficient (Wildman–Crippen LogP) is 4.52. The summed E-state index contributed by atoms with van der Waals surface area (Å²) in [5, 5.41) is 14.7. The zero-order valence-corrected chi connectivity index (χ0v) is 23.6. The van der Waals surface area contributed by atoms with Crippen LogP contribution >= 0.6 is 11.6 Å². The molecule has 2 aliphatic rings. The molecule has 40 heavy (non-hydrogen) atoms. The van der Waals surface area contributed by atoms with Crippen molar-refractivity contribution in [2.24, 2.45) is 0 Å². The monoisotopic (exact) mass is 572 g/mol. The van der Waals surface area contributed by atoms with E-state index in [0.717, 1.165) is 25.9 Å². The number of nitrogens with zero attached hydrogens (tertiary/aromatic N) is 5. The number of piperazine rings is 1. The number of amides is 1. The number of carbonyl (C=O) groups is 1. The van der Waals surface area contributed by atoms with Crippen LogP contribution in [0, 0.1) is 18.6 Å². The molecule has 1 saturated heterocycles. The summed E-state index contributed by atoms with van der Waals surface area (Å²) in [5.41, 5.74) is 7.47. The van der Waals surface area contributed by atoms with Gasteiger partial charge < -0.3 is 26.2 Å². The van der Waals surface area contributed by atoms with Crippen molar-refractivity contribution in [2.45, 2.75) is 51.6 Å². The van der Waals surface area contributed by atoms with Gasteiger partial charge in [-0.3, -0.25) is 4.79 Å². The third-order valence-electron chi connectivity index (χ3n) is 7.81. The first kappa shape index (κ1) is 28.3. The number of nitrogen functional groups attached to an aromatic ring is 1. The summed E-state index contributed by atoms with van der Waals surface area (Å²) in [5.74, 6) is -1.74. The Morgan fingerprint density at radius 1 is 1.10 bits per heavy atom. The van der Waals surface area contributed by atoms with E-state index in [1.54, 1.807) is 12.3 Å². The molecule has 0 atom stereocenters. The van der Waals surface area contributed by atoms with Crippen molar-refractivity contribution < 1.29 is 13.6 Å². The van der Waals surface area contributed by atoms with Gasteiger partial charge in [0.15, 0.2) is 11.6 Å². The maximum atomic E-state index is 15.6. The van der Waals surface area contributed by atoms with Crippen molar-refractivity contribution in [1.82, 2.24) is 25.2 Å². The van der Waals surface area contributed by atoms with Gasteiger partial charge in [-0.25, -0.2) is 13.5 Å². The van der Waals surface area contributed by atoms with Crippen LogP contribution in [0.1, 0.15) is 53.7 Å². The van der Waals surface area contributed by atoms with Crippen LogP contribution in [0.25, 0.3) is 5.69 Å². The Kier molecular flexibility index (Phi) is 8.53. The van der Waals surface area contributed by atoms with E-state index in [-0.39, 0.29) is 27.5 Å². The first-order valence-corrected chi connectivity index (χ1v) is 14.1. The number of nitrogens with two attached hydrogens (primary N) is 1. The Labute approximate surface area is 237 Å². The molecule has 3 aromatic rings. The van der Waals surface area contributed by atoms with Crippen molar-refractivity contribution in [3.8, 4) is 5.69 Å². The molecule has 2 heterocycles. The molecule has 1 aliphatic heterocycles. The fraction of sp³-hybridized carbons (Fsp3) is 0.464. The van der Waals surface area contributed by atoms with Crippen molar-refractivity contribution in [3.05, 3.63) is 57.9 Å². The molecular weight excluding hydrogens is 538 g/mol. The van der Waals surface area contributed by atoms with Gasteiger partial charge in [0.1, 0.15) is 5.69 Å². The number of hydrogen-bond acceptors (Lipinski definition) is 7. The summed E-state index contributed by atoms with van der Waals surface area (Å²) in [7, 11) is 2.03. The Morgan fingerprint density at radius 3 is 2.55 bits per heavy atom. The first-order valence-electron chi connectivity index (χ1n) is 13.7. The maximum absolute atomic E-state index is 15.6. The van der Waals surface area contributed by atoms with Gasteiger partial charge in [0.2, 0.25) is 0 Å². The molecule has 2 fully saturated rings. The summed E-state index contributed by atoms with van der Waals surface area (Å²) in [6, 6.07) is 4.62. The maximum Gasteiger partial charge on any atom is 0.257 e. The fourth-order valence-electron chi connectivity index (χ4n) is 5.34. The van der Waals surface area contributed by atoms with E-state index < -0.39 is 17.5 Å². The largest absolute Gasteiger partial charge is 0.396 e. The van der Waals surface area contributed by atoms with Crippen LogP contribution < -0.4 is 21.3 Å². The van der Waals surface area contributed by atoms with Gasteiger partial charge in [0.25, 0.3) is 5.91 Å². The van der Waals surface area contributed by atoms with Gasteiger partial charge in [0, 0.05) is 50.4 Å². The van der Waals surface area contributed by atoms with E-state index in [9.17, 15) is 9.18 Å². The van der Waals surface area contributed by atoms with Crippen LogP contribution in [0.5, 0.6) is 0 Å². The second-order valence-corrected chi connectivity index (χ2v) is 11.1. The summed E-state index contributed by atoms with van der Waals surface area (Å²) < 4.78 is 31.2. The van der Waals surface area contributed by atoms with E-state index in [4.69, 9.17) is 17.3 Å². The fourth-order valence-corrected chi connectivity index (χ4v) is 5.56. The molecule has 0 bridgehead atoms. The van der Waals surface area contributed by atoms with Gasteiger partial charge >= 0.3 is 0 Å². The van der Waals surface area contributed by atoms with Gasteiger partial charge in [0.05, 0.1) is 39.5 Å².